The molecule has 0 atom stereocenters. The molecule has 0 amide bonds. The van der Waals surface area contributed by atoms with Gasteiger partial charge in [-0.3, -0.25) is 9.98 Å². The summed E-state index contributed by atoms with van der Waals surface area (Å²) < 4.78 is 5.25. The Morgan fingerprint density at radius 3 is 2.79 bits per heavy atom. The molecule has 1 aromatic heterocycles. The maximum absolute atomic E-state index is 5.25. The predicted molar refractivity (Wildman–Crippen MR) is 75.8 cm³/mol. The van der Waals surface area contributed by atoms with Crippen LogP contribution < -0.4 is 4.74 Å². The molecule has 4 nitrogen and oxygen atoms in total. The van der Waals surface area contributed by atoms with Crippen LogP contribution in [0.3, 0.4) is 0 Å². The summed E-state index contributed by atoms with van der Waals surface area (Å²) in [5, 5.41) is 0. The number of piperidine rings is 1. The minimum Gasteiger partial charge on any atom is -0.495 e. The molecule has 2 aliphatic rings. The summed E-state index contributed by atoms with van der Waals surface area (Å²) >= 11 is 0. The Balaban J connectivity index is 1.63. The van der Waals surface area contributed by atoms with E-state index in [-0.39, 0.29) is 0 Å². The third kappa shape index (κ3) is 2.62. The highest BCUT2D eigenvalue weighted by molar-refractivity contribution is 5.74. The zero-order valence-electron chi connectivity index (χ0n) is 11.2. The van der Waals surface area contributed by atoms with Gasteiger partial charge in [0.15, 0.2) is 0 Å². The Bertz CT molecular complexity index is 502. The Labute approximate surface area is 113 Å². The fourth-order valence-corrected chi connectivity index (χ4v) is 2.81. The second kappa shape index (κ2) is 5.43. The molecular formula is C15H19N3O. The highest BCUT2D eigenvalue weighted by Gasteiger charge is 2.22. The topological polar surface area (TPSA) is 37.7 Å². The fourth-order valence-electron chi connectivity index (χ4n) is 2.81. The molecular weight excluding hydrogens is 238 g/mol. The molecule has 1 aromatic rings. The van der Waals surface area contributed by atoms with E-state index >= 15 is 0 Å². The van der Waals surface area contributed by atoms with Gasteiger partial charge in [-0.15, -0.1) is 0 Å². The molecule has 0 saturated carbocycles. The van der Waals surface area contributed by atoms with Gasteiger partial charge in [0, 0.05) is 31.2 Å². The van der Waals surface area contributed by atoms with Gasteiger partial charge in [-0.2, -0.15) is 0 Å². The summed E-state index contributed by atoms with van der Waals surface area (Å²) in [6.07, 6.45) is 10.1. The first-order valence-corrected chi connectivity index (χ1v) is 6.79. The largest absolute Gasteiger partial charge is 0.495 e. The molecule has 0 spiro atoms. The molecule has 0 bridgehead atoms. The highest BCUT2D eigenvalue weighted by Crippen LogP contribution is 2.30. The zero-order chi connectivity index (χ0) is 13.1. The molecule has 0 radical (unpaired) electrons. The third-order valence-corrected chi connectivity index (χ3v) is 3.97. The van der Waals surface area contributed by atoms with E-state index < -0.39 is 0 Å². The summed E-state index contributed by atoms with van der Waals surface area (Å²) in [4.78, 5) is 11.0. The quantitative estimate of drug-likeness (QED) is 0.833. The lowest BCUT2D eigenvalue weighted by Gasteiger charge is -2.34. The molecule has 4 heteroatoms. The molecule has 0 aliphatic carbocycles. The van der Waals surface area contributed by atoms with Crippen LogP contribution >= 0.6 is 0 Å². The number of ether oxygens (including phenoxy) is 1. The number of aliphatic imine (C=N–C) groups is 1. The maximum atomic E-state index is 5.25. The molecule has 1 fully saturated rings. The van der Waals surface area contributed by atoms with E-state index in [4.69, 9.17) is 4.74 Å². The van der Waals surface area contributed by atoms with Gasteiger partial charge in [0.05, 0.1) is 19.9 Å². The molecule has 2 aliphatic heterocycles. The molecule has 0 unspecified atom stereocenters. The molecule has 1 saturated heterocycles. The highest BCUT2D eigenvalue weighted by atomic mass is 16.5. The number of rotatable bonds is 3. The van der Waals surface area contributed by atoms with Crippen LogP contribution in [0, 0.1) is 0 Å². The number of likely N-dealkylation sites (tertiary alicyclic amines) is 1. The molecule has 3 heterocycles. The van der Waals surface area contributed by atoms with Gasteiger partial charge in [0.2, 0.25) is 0 Å². The minimum absolute atomic E-state index is 0.599. The lowest BCUT2D eigenvalue weighted by molar-refractivity contribution is 0.261. The lowest BCUT2D eigenvalue weighted by atomic mass is 9.90. The van der Waals surface area contributed by atoms with Crippen LogP contribution in [0.1, 0.15) is 24.3 Å². The van der Waals surface area contributed by atoms with Crippen molar-refractivity contribution >= 4 is 6.21 Å². The molecule has 3 rings (SSSR count). The maximum Gasteiger partial charge on any atom is 0.137 e. The molecule has 0 aromatic carbocycles. The van der Waals surface area contributed by atoms with E-state index in [1.165, 1.54) is 24.1 Å². The van der Waals surface area contributed by atoms with Crippen molar-refractivity contribution in [1.82, 2.24) is 9.88 Å². The van der Waals surface area contributed by atoms with Crippen molar-refractivity contribution < 1.29 is 4.74 Å². The van der Waals surface area contributed by atoms with Gasteiger partial charge < -0.3 is 9.64 Å². The summed E-state index contributed by atoms with van der Waals surface area (Å²) in [6.45, 7) is 3.07. The van der Waals surface area contributed by atoms with Crippen LogP contribution in [-0.4, -0.2) is 42.8 Å². The second-order valence-electron chi connectivity index (χ2n) is 5.07. The monoisotopic (exact) mass is 257 g/mol. The minimum atomic E-state index is 0.599. The van der Waals surface area contributed by atoms with E-state index in [0.29, 0.717) is 5.92 Å². The molecule has 19 heavy (non-hydrogen) atoms. The first kappa shape index (κ1) is 12.2. The Morgan fingerprint density at radius 2 is 2.11 bits per heavy atom. The van der Waals surface area contributed by atoms with E-state index in [1.54, 1.807) is 13.3 Å². The van der Waals surface area contributed by atoms with Gasteiger partial charge in [0.25, 0.3) is 0 Å². The average molecular weight is 257 g/mol. The van der Waals surface area contributed by atoms with Crippen LogP contribution in [0.15, 0.2) is 35.2 Å². The van der Waals surface area contributed by atoms with Crippen molar-refractivity contribution in [3.05, 3.63) is 35.8 Å². The first-order chi connectivity index (χ1) is 9.36. The number of allylic oxidation sites excluding steroid dienone is 1. The number of hydrogen-bond donors (Lipinski definition) is 0. The summed E-state index contributed by atoms with van der Waals surface area (Å²) in [6, 6.07) is 2.12. The van der Waals surface area contributed by atoms with Gasteiger partial charge in [-0.1, -0.05) is 0 Å². The van der Waals surface area contributed by atoms with Gasteiger partial charge in [-0.25, -0.2) is 0 Å². The standard InChI is InChI=1S/C15H19N3O/c1-19-15-8-13(9-17-11-15)12-3-6-18(7-4-12)14-2-5-16-10-14/h2,5,8-9,11-12H,3-4,6-7,10H2,1H3. The van der Waals surface area contributed by atoms with E-state index in [0.717, 1.165) is 25.4 Å². The second-order valence-corrected chi connectivity index (χ2v) is 5.07. The first-order valence-electron chi connectivity index (χ1n) is 6.79. The van der Waals surface area contributed by atoms with Gasteiger partial charge in [-0.05, 0) is 36.5 Å². The summed E-state index contributed by atoms with van der Waals surface area (Å²) in [7, 11) is 1.69. The van der Waals surface area contributed by atoms with E-state index in [9.17, 15) is 0 Å². The normalized spacial score (nSPS) is 19.6. The van der Waals surface area contributed by atoms with Gasteiger partial charge in [0.1, 0.15) is 5.75 Å². The van der Waals surface area contributed by atoms with E-state index in [1.807, 2.05) is 12.4 Å². The van der Waals surface area contributed by atoms with Crippen molar-refractivity contribution in [2.24, 2.45) is 4.99 Å². The van der Waals surface area contributed by atoms with Gasteiger partial charge >= 0.3 is 0 Å². The summed E-state index contributed by atoms with van der Waals surface area (Å²) in [5.41, 5.74) is 2.66. The third-order valence-electron chi connectivity index (χ3n) is 3.97. The average Bonchev–Trinajstić information content (AvgIpc) is 3.02. The SMILES string of the molecule is COc1cncc(C2CCN(C3=CC=NC3)CC2)c1. The predicted octanol–water partition coefficient (Wildman–Crippen LogP) is 2.24. The fraction of sp³-hybridized carbons (Fsp3) is 0.467. The van der Waals surface area contributed by atoms with Crippen LogP contribution in [0.4, 0.5) is 0 Å². The number of nitrogens with zero attached hydrogens (tertiary/aromatic N) is 3. The Hall–Kier alpha value is -1.84. The van der Waals surface area contributed by atoms with E-state index in [2.05, 4.69) is 27.0 Å². The number of methoxy groups -OCH3 is 1. The van der Waals surface area contributed by atoms with Crippen molar-refractivity contribution in [2.75, 3.05) is 26.7 Å². The zero-order valence-corrected chi connectivity index (χ0v) is 11.2. The van der Waals surface area contributed by atoms with Crippen LogP contribution in [0.25, 0.3) is 0 Å². The van der Waals surface area contributed by atoms with Crippen LogP contribution in [-0.2, 0) is 0 Å². The molecule has 0 N–H and O–H groups in total. The summed E-state index contributed by atoms with van der Waals surface area (Å²) in [5.74, 6) is 1.45. The van der Waals surface area contributed by atoms with Crippen LogP contribution in [0.5, 0.6) is 5.75 Å². The Kier molecular flexibility index (Phi) is 3.49. The lowest BCUT2D eigenvalue weighted by Crippen LogP contribution is -2.32. The molecule has 100 valence electrons. The van der Waals surface area contributed by atoms with Crippen molar-refractivity contribution in [3.63, 3.8) is 0 Å². The smallest absolute Gasteiger partial charge is 0.137 e. The number of hydrogen-bond acceptors (Lipinski definition) is 4. The van der Waals surface area contributed by atoms with Crippen LogP contribution in [0.2, 0.25) is 0 Å². The van der Waals surface area contributed by atoms with Crippen molar-refractivity contribution in [1.29, 1.82) is 0 Å². The number of aromatic nitrogens is 1. The van der Waals surface area contributed by atoms with Crippen molar-refractivity contribution in [3.8, 4) is 5.75 Å². The number of pyridine rings is 1. The Morgan fingerprint density at radius 1 is 1.26 bits per heavy atom. The van der Waals surface area contributed by atoms with Crippen molar-refractivity contribution in [2.45, 2.75) is 18.8 Å².